The number of aromatic amines is 1. The second-order valence-electron chi connectivity index (χ2n) is 8.51. The van der Waals surface area contributed by atoms with E-state index in [0.29, 0.717) is 12.8 Å². The molecule has 1 N–H and O–H groups in total. The van der Waals surface area contributed by atoms with Crippen molar-refractivity contribution in [2.45, 2.75) is 38.1 Å². The molecule has 0 atom stereocenters. The average Bonchev–Trinajstić information content (AvgIpc) is 3.46. The Morgan fingerprint density at radius 1 is 1.24 bits per heavy atom. The highest BCUT2D eigenvalue weighted by Crippen LogP contribution is 2.33. The Balaban J connectivity index is 1.46. The van der Waals surface area contributed by atoms with Crippen LogP contribution in [0.15, 0.2) is 42.7 Å². The Morgan fingerprint density at radius 2 is 2.06 bits per heavy atom. The molecule has 1 aromatic carbocycles. The van der Waals surface area contributed by atoms with Crippen LogP contribution in [0.1, 0.15) is 47.9 Å². The van der Waals surface area contributed by atoms with Gasteiger partial charge >= 0.3 is 0 Å². The Bertz CT molecular complexity index is 1340. The maximum atomic E-state index is 14.1. The van der Waals surface area contributed by atoms with E-state index in [1.165, 1.54) is 12.1 Å². The summed E-state index contributed by atoms with van der Waals surface area (Å²) in [5.41, 5.74) is 2.78. The quantitative estimate of drug-likeness (QED) is 0.426. The van der Waals surface area contributed by atoms with Crippen LogP contribution in [0.3, 0.4) is 0 Å². The number of nitriles is 1. The van der Waals surface area contributed by atoms with Crippen molar-refractivity contribution in [1.29, 1.82) is 5.26 Å². The lowest BCUT2D eigenvalue weighted by Crippen LogP contribution is -2.35. The number of likely N-dealkylation sites (tertiary alicyclic amines) is 1. The fourth-order valence-corrected chi connectivity index (χ4v) is 4.87. The van der Waals surface area contributed by atoms with Crippen molar-refractivity contribution in [2.75, 3.05) is 19.6 Å². The Labute approximate surface area is 190 Å². The fourth-order valence-electron chi connectivity index (χ4n) is 4.87. The van der Waals surface area contributed by atoms with Gasteiger partial charge in [-0.25, -0.2) is 14.4 Å². The summed E-state index contributed by atoms with van der Waals surface area (Å²) in [6, 6.07) is 10.6. The van der Waals surface area contributed by atoms with E-state index in [1.54, 1.807) is 18.3 Å². The molecule has 1 fully saturated rings. The molecule has 8 heteroatoms. The molecule has 0 unspecified atom stereocenters. The van der Waals surface area contributed by atoms with Gasteiger partial charge in [-0.1, -0.05) is 12.1 Å². The molecular weight excluding hydrogens is 419 g/mol. The normalized spacial score (nSPS) is 15.3. The minimum Gasteiger partial charge on any atom is -0.346 e. The molecule has 0 spiro atoms. The maximum absolute atomic E-state index is 14.1. The van der Waals surface area contributed by atoms with Crippen molar-refractivity contribution < 1.29 is 9.18 Å². The number of ketones is 1. The first-order chi connectivity index (χ1) is 16.2. The smallest absolute Gasteiger partial charge is 0.166 e. The van der Waals surface area contributed by atoms with E-state index < -0.39 is 5.82 Å². The number of piperidine rings is 1. The number of carbonyl (C=O) groups is 1. The highest BCUT2D eigenvalue weighted by molar-refractivity contribution is 6.01. The first-order valence-corrected chi connectivity index (χ1v) is 11.4. The first kappa shape index (κ1) is 21.3. The fraction of sp³-hybridized carbons (Fsp3) is 0.360. The SMILES string of the molecule is N#CCCN1CCC(n2c(CCC(=O)c3ccccc3F)nc3cnc4[nH]ccc4c32)CC1. The number of fused-ring (bicyclic) bond motifs is 3. The van der Waals surface area contributed by atoms with Crippen LogP contribution >= 0.6 is 0 Å². The molecule has 0 saturated carbocycles. The number of hydrogen-bond acceptors (Lipinski definition) is 5. The largest absolute Gasteiger partial charge is 0.346 e. The topological polar surface area (TPSA) is 90.6 Å². The van der Waals surface area contributed by atoms with Crippen molar-refractivity contribution in [3.8, 4) is 6.07 Å². The average molecular weight is 445 g/mol. The summed E-state index contributed by atoms with van der Waals surface area (Å²) >= 11 is 0. The van der Waals surface area contributed by atoms with E-state index >= 15 is 0 Å². The molecule has 4 heterocycles. The van der Waals surface area contributed by atoms with Crippen LogP contribution < -0.4 is 0 Å². The van der Waals surface area contributed by atoms with Gasteiger partial charge in [-0.3, -0.25) is 4.79 Å². The molecule has 0 bridgehead atoms. The number of H-pyrrole nitrogens is 1. The van der Waals surface area contributed by atoms with Gasteiger partial charge in [0.1, 0.15) is 22.8 Å². The minimum absolute atomic E-state index is 0.126. The van der Waals surface area contributed by atoms with Gasteiger partial charge in [-0.15, -0.1) is 0 Å². The van der Waals surface area contributed by atoms with Gasteiger partial charge in [0.2, 0.25) is 0 Å². The first-order valence-electron chi connectivity index (χ1n) is 11.4. The van der Waals surface area contributed by atoms with Crippen LogP contribution in [-0.4, -0.2) is 49.8 Å². The number of pyridine rings is 1. The summed E-state index contributed by atoms with van der Waals surface area (Å²) in [7, 11) is 0. The van der Waals surface area contributed by atoms with Gasteiger partial charge in [0, 0.05) is 56.5 Å². The number of nitrogens with one attached hydrogen (secondary N) is 1. The van der Waals surface area contributed by atoms with Crippen molar-refractivity contribution in [2.24, 2.45) is 0 Å². The van der Waals surface area contributed by atoms with Crippen LogP contribution in [0.5, 0.6) is 0 Å². The van der Waals surface area contributed by atoms with Crippen molar-refractivity contribution in [1.82, 2.24) is 24.4 Å². The predicted octanol–water partition coefficient (Wildman–Crippen LogP) is 4.42. The zero-order valence-corrected chi connectivity index (χ0v) is 18.3. The van der Waals surface area contributed by atoms with Crippen LogP contribution in [0.25, 0.3) is 22.1 Å². The maximum Gasteiger partial charge on any atom is 0.166 e. The molecule has 5 rings (SSSR count). The summed E-state index contributed by atoms with van der Waals surface area (Å²) in [5, 5.41) is 9.90. The number of benzene rings is 1. The predicted molar refractivity (Wildman–Crippen MR) is 123 cm³/mol. The lowest BCUT2D eigenvalue weighted by atomic mass is 10.0. The molecule has 33 heavy (non-hydrogen) atoms. The Morgan fingerprint density at radius 3 is 2.85 bits per heavy atom. The highest BCUT2D eigenvalue weighted by Gasteiger charge is 2.26. The van der Waals surface area contributed by atoms with Crippen molar-refractivity contribution in [3.63, 3.8) is 0 Å². The third kappa shape index (κ3) is 4.12. The van der Waals surface area contributed by atoms with Gasteiger partial charge in [0.15, 0.2) is 5.78 Å². The van der Waals surface area contributed by atoms with E-state index in [2.05, 4.69) is 25.5 Å². The number of Topliss-reactive ketones (excluding diaryl/α,β-unsaturated/α-hetero) is 1. The van der Waals surface area contributed by atoms with E-state index in [4.69, 9.17) is 10.2 Å². The van der Waals surface area contributed by atoms with E-state index in [9.17, 15) is 9.18 Å². The summed E-state index contributed by atoms with van der Waals surface area (Å²) in [4.78, 5) is 27.6. The van der Waals surface area contributed by atoms with Gasteiger partial charge < -0.3 is 14.5 Å². The number of carbonyl (C=O) groups excluding carboxylic acids is 1. The van der Waals surface area contributed by atoms with Gasteiger partial charge in [0.25, 0.3) is 0 Å². The van der Waals surface area contributed by atoms with Gasteiger partial charge in [0.05, 0.1) is 23.3 Å². The number of aromatic nitrogens is 4. The lowest BCUT2D eigenvalue weighted by molar-refractivity contribution is 0.0977. The third-order valence-electron chi connectivity index (χ3n) is 6.52. The number of imidazole rings is 1. The summed E-state index contributed by atoms with van der Waals surface area (Å²) in [6.45, 7) is 2.63. The van der Waals surface area contributed by atoms with E-state index in [-0.39, 0.29) is 23.8 Å². The monoisotopic (exact) mass is 444 g/mol. The van der Waals surface area contributed by atoms with E-state index in [0.717, 1.165) is 60.4 Å². The number of nitrogens with zero attached hydrogens (tertiary/aromatic N) is 5. The number of rotatable bonds is 7. The zero-order valence-electron chi connectivity index (χ0n) is 18.3. The van der Waals surface area contributed by atoms with Crippen LogP contribution in [0, 0.1) is 17.1 Å². The second-order valence-corrected chi connectivity index (χ2v) is 8.51. The summed E-state index contributed by atoms with van der Waals surface area (Å²) in [6.07, 6.45) is 6.70. The Kier molecular flexibility index (Phi) is 5.88. The molecule has 1 aliphatic heterocycles. The number of hydrogen-bond donors (Lipinski definition) is 1. The minimum atomic E-state index is -0.487. The van der Waals surface area contributed by atoms with Crippen molar-refractivity contribution in [3.05, 3.63) is 59.9 Å². The van der Waals surface area contributed by atoms with Gasteiger partial charge in [-0.2, -0.15) is 5.26 Å². The third-order valence-corrected chi connectivity index (χ3v) is 6.52. The standard InChI is InChI=1S/C25H25FN6O/c26-20-5-2-1-4-18(20)22(33)6-7-23-30-21-16-29-25-19(8-12-28-25)24(21)32(23)17-9-14-31(15-10-17)13-3-11-27/h1-2,4-5,8,12,16-17H,3,6-7,9-10,13-15H2,(H,28,29). The molecule has 168 valence electrons. The highest BCUT2D eigenvalue weighted by atomic mass is 19.1. The lowest BCUT2D eigenvalue weighted by Gasteiger charge is -2.33. The van der Waals surface area contributed by atoms with Crippen LogP contribution in [-0.2, 0) is 6.42 Å². The molecule has 7 nitrogen and oxygen atoms in total. The molecular formula is C25H25FN6O. The zero-order chi connectivity index (χ0) is 22.8. The van der Waals surface area contributed by atoms with Crippen molar-refractivity contribution >= 4 is 27.9 Å². The molecule has 1 aliphatic rings. The molecule has 3 aromatic heterocycles. The molecule has 0 amide bonds. The van der Waals surface area contributed by atoms with Crippen LogP contribution in [0.4, 0.5) is 4.39 Å². The molecule has 4 aromatic rings. The number of halogens is 1. The summed E-state index contributed by atoms with van der Waals surface area (Å²) in [5.74, 6) is 0.127. The molecule has 0 radical (unpaired) electrons. The van der Waals surface area contributed by atoms with Gasteiger partial charge in [-0.05, 0) is 31.0 Å². The Hall–Kier alpha value is -3.57. The van der Waals surface area contributed by atoms with Crippen LogP contribution in [0.2, 0.25) is 0 Å². The summed E-state index contributed by atoms with van der Waals surface area (Å²) < 4.78 is 16.4. The number of aryl methyl sites for hydroxylation is 1. The second kappa shape index (κ2) is 9.12. The van der Waals surface area contributed by atoms with E-state index in [1.807, 2.05) is 12.3 Å². The molecule has 1 saturated heterocycles. The molecule has 0 aliphatic carbocycles.